The number of hydrogen-bond acceptors (Lipinski definition) is 0. The summed E-state index contributed by atoms with van der Waals surface area (Å²) >= 11 is 0. The van der Waals surface area contributed by atoms with Crippen molar-refractivity contribution >= 4 is 0 Å². The summed E-state index contributed by atoms with van der Waals surface area (Å²) in [6.45, 7) is 7.17. The lowest BCUT2D eigenvalue weighted by molar-refractivity contribution is 0.189. The molecule has 0 aromatic heterocycles. The maximum atomic E-state index is 2.55. The van der Waals surface area contributed by atoms with Crippen molar-refractivity contribution in [1.29, 1.82) is 0 Å². The van der Waals surface area contributed by atoms with Crippen LogP contribution in [0.25, 0.3) is 0 Å². The third-order valence-electron chi connectivity index (χ3n) is 5.71. The fourth-order valence-electron chi connectivity index (χ4n) is 5.09. The fourth-order valence-corrected chi connectivity index (χ4v) is 5.09. The molecule has 3 aliphatic carbocycles. The largest absolute Gasteiger partial charge is 0.0854 e. The van der Waals surface area contributed by atoms with E-state index in [0.717, 1.165) is 41.4 Å². The van der Waals surface area contributed by atoms with Gasteiger partial charge in [0.05, 0.1) is 0 Å². The molecule has 0 saturated heterocycles. The van der Waals surface area contributed by atoms with Crippen molar-refractivity contribution in [2.24, 2.45) is 41.4 Å². The SMILES string of the molecule is CC(C)CC1CC2CC1CC2C1C=CC(C)C1. The van der Waals surface area contributed by atoms with E-state index in [0.29, 0.717) is 0 Å². The Balaban J connectivity index is 1.59. The summed E-state index contributed by atoms with van der Waals surface area (Å²) in [5, 5.41) is 0. The molecule has 3 aliphatic rings. The number of rotatable bonds is 3. The van der Waals surface area contributed by atoms with Crippen molar-refractivity contribution in [2.75, 3.05) is 0 Å². The first-order chi connectivity index (χ1) is 8.13. The summed E-state index contributed by atoms with van der Waals surface area (Å²) in [7, 11) is 0. The molecule has 0 radical (unpaired) electrons. The second kappa shape index (κ2) is 4.44. The molecule has 0 spiro atoms. The molecule has 2 bridgehead atoms. The summed E-state index contributed by atoms with van der Waals surface area (Å²) in [6.07, 6.45) is 12.6. The highest BCUT2D eigenvalue weighted by molar-refractivity contribution is 5.07. The predicted octanol–water partition coefficient (Wildman–Crippen LogP) is 4.91. The maximum absolute atomic E-state index is 2.55. The standard InChI is InChI=1S/C17H28/c1-11(2)6-14-8-16-9-15(14)10-17(16)13-5-4-12(3)7-13/h4-5,11-17H,6-10H2,1-3H3. The maximum Gasteiger partial charge on any atom is -0.0197 e. The molecule has 2 saturated carbocycles. The number of hydrogen-bond donors (Lipinski definition) is 0. The molecule has 2 fully saturated rings. The first-order valence-corrected chi connectivity index (χ1v) is 7.81. The van der Waals surface area contributed by atoms with Crippen LogP contribution in [0.4, 0.5) is 0 Å². The molecule has 0 aliphatic heterocycles. The topological polar surface area (TPSA) is 0 Å². The number of fused-ring (bicyclic) bond motifs is 2. The molecule has 0 aromatic carbocycles. The van der Waals surface area contributed by atoms with Gasteiger partial charge in [0.25, 0.3) is 0 Å². The molecule has 6 atom stereocenters. The number of allylic oxidation sites excluding steroid dienone is 2. The minimum atomic E-state index is 0.852. The first-order valence-electron chi connectivity index (χ1n) is 7.81. The Hall–Kier alpha value is -0.260. The van der Waals surface area contributed by atoms with E-state index in [1.807, 2.05) is 0 Å². The van der Waals surface area contributed by atoms with E-state index in [-0.39, 0.29) is 0 Å². The molecular formula is C17H28. The molecule has 0 heteroatoms. The van der Waals surface area contributed by atoms with Crippen molar-refractivity contribution in [3.05, 3.63) is 12.2 Å². The lowest BCUT2D eigenvalue weighted by Crippen LogP contribution is -2.23. The van der Waals surface area contributed by atoms with Gasteiger partial charge in [0.15, 0.2) is 0 Å². The smallest absolute Gasteiger partial charge is 0.0197 e. The Bertz CT molecular complexity index is 301. The van der Waals surface area contributed by atoms with Crippen LogP contribution in [0.2, 0.25) is 0 Å². The van der Waals surface area contributed by atoms with Gasteiger partial charge in [-0.15, -0.1) is 0 Å². The van der Waals surface area contributed by atoms with Gasteiger partial charge in [0.1, 0.15) is 0 Å². The van der Waals surface area contributed by atoms with Crippen LogP contribution >= 0.6 is 0 Å². The Morgan fingerprint density at radius 1 is 1.00 bits per heavy atom. The predicted molar refractivity (Wildman–Crippen MR) is 73.7 cm³/mol. The molecule has 6 unspecified atom stereocenters. The Kier molecular flexibility index (Phi) is 3.09. The van der Waals surface area contributed by atoms with E-state index in [1.165, 1.54) is 12.8 Å². The van der Waals surface area contributed by atoms with Gasteiger partial charge in [0.2, 0.25) is 0 Å². The zero-order valence-corrected chi connectivity index (χ0v) is 11.7. The van der Waals surface area contributed by atoms with Crippen molar-refractivity contribution in [1.82, 2.24) is 0 Å². The van der Waals surface area contributed by atoms with Gasteiger partial charge in [-0.3, -0.25) is 0 Å². The normalized spacial score (nSPS) is 48.5. The molecule has 0 heterocycles. The van der Waals surface area contributed by atoms with Gasteiger partial charge in [0, 0.05) is 0 Å². The molecule has 0 amide bonds. The van der Waals surface area contributed by atoms with Crippen LogP contribution in [0, 0.1) is 41.4 Å². The van der Waals surface area contributed by atoms with E-state index in [9.17, 15) is 0 Å². The average molecular weight is 232 g/mol. The molecule has 17 heavy (non-hydrogen) atoms. The van der Waals surface area contributed by atoms with Crippen molar-refractivity contribution < 1.29 is 0 Å². The van der Waals surface area contributed by atoms with E-state index < -0.39 is 0 Å². The van der Waals surface area contributed by atoms with Crippen molar-refractivity contribution in [3.63, 3.8) is 0 Å². The minimum Gasteiger partial charge on any atom is -0.0854 e. The molecule has 3 rings (SSSR count). The summed E-state index contributed by atoms with van der Waals surface area (Å²) in [4.78, 5) is 0. The second-order valence-electron chi connectivity index (χ2n) is 7.54. The molecule has 96 valence electrons. The van der Waals surface area contributed by atoms with Gasteiger partial charge in [-0.25, -0.2) is 0 Å². The van der Waals surface area contributed by atoms with E-state index in [1.54, 1.807) is 19.3 Å². The van der Waals surface area contributed by atoms with Crippen LogP contribution < -0.4 is 0 Å². The lowest BCUT2D eigenvalue weighted by Gasteiger charge is -2.32. The summed E-state index contributed by atoms with van der Waals surface area (Å²) in [6, 6.07) is 0. The van der Waals surface area contributed by atoms with Crippen LogP contribution in [0.15, 0.2) is 12.2 Å². The lowest BCUT2D eigenvalue weighted by atomic mass is 9.73. The molecule has 0 N–H and O–H groups in total. The van der Waals surface area contributed by atoms with E-state index in [2.05, 4.69) is 32.9 Å². The van der Waals surface area contributed by atoms with Crippen LogP contribution in [0.1, 0.15) is 52.9 Å². The van der Waals surface area contributed by atoms with E-state index >= 15 is 0 Å². The minimum absolute atomic E-state index is 0.852. The Morgan fingerprint density at radius 3 is 2.35 bits per heavy atom. The summed E-state index contributed by atoms with van der Waals surface area (Å²) < 4.78 is 0. The van der Waals surface area contributed by atoms with E-state index in [4.69, 9.17) is 0 Å². The van der Waals surface area contributed by atoms with Crippen LogP contribution in [-0.2, 0) is 0 Å². The third kappa shape index (κ3) is 2.20. The quantitative estimate of drug-likeness (QED) is 0.607. The zero-order valence-electron chi connectivity index (χ0n) is 11.7. The first kappa shape index (κ1) is 11.8. The summed E-state index contributed by atoms with van der Waals surface area (Å²) in [5.74, 6) is 7.03. The van der Waals surface area contributed by atoms with Gasteiger partial charge in [-0.2, -0.15) is 0 Å². The van der Waals surface area contributed by atoms with Crippen LogP contribution in [0.5, 0.6) is 0 Å². The Labute approximate surface area is 107 Å². The zero-order chi connectivity index (χ0) is 12.0. The highest BCUT2D eigenvalue weighted by atomic mass is 14.5. The Morgan fingerprint density at radius 2 is 1.82 bits per heavy atom. The summed E-state index contributed by atoms with van der Waals surface area (Å²) in [5.41, 5.74) is 0. The van der Waals surface area contributed by atoms with Gasteiger partial charge in [-0.05, 0) is 73.5 Å². The molecule has 0 aromatic rings. The molecular weight excluding hydrogens is 204 g/mol. The van der Waals surface area contributed by atoms with Gasteiger partial charge >= 0.3 is 0 Å². The highest BCUT2D eigenvalue weighted by Gasteiger charge is 2.47. The molecule has 0 nitrogen and oxygen atoms in total. The monoisotopic (exact) mass is 232 g/mol. The van der Waals surface area contributed by atoms with Crippen molar-refractivity contribution in [3.8, 4) is 0 Å². The highest BCUT2D eigenvalue weighted by Crippen LogP contribution is 2.57. The second-order valence-corrected chi connectivity index (χ2v) is 7.54. The fraction of sp³-hybridized carbons (Fsp3) is 0.882. The van der Waals surface area contributed by atoms with Crippen LogP contribution in [-0.4, -0.2) is 0 Å². The van der Waals surface area contributed by atoms with Crippen LogP contribution in [0.3, 0.4) is 0 Å². The third-order valence-corrected chi connectivity index (χ3v) is 5.71. The average Bonchev–Trinajstić information content (AvgIpc) is 2.90. The van der Waals surface area contributed by atoms with Crippen molar-refractivity contribution in [2.45, 2.75) is 52.9 Å². The van der Waals surface area contributed by atoms with Gasteiger partial charge < -0.3 is 0 Å². The van der Waals surface area contributed by atoms with Gasteiger partial charge in [-0.1, -0.05) is 32.9 Å².